The second-order valence-electron chi connectivity index (χ2n) is 7.27. The summed E-state index contributed by atoms with van der Waals surface area (Å²) in [6.07, 6.45) is 1.68. The van der Waals surface area contributed by atoms with E-state index in [9.17, 15) is 10.1 Å². The average Bonchev–Trinajstić information content (AvgIpc) is 2.94. The number of nitrogens with zero attached hydrogens (tertiary/aromatic N) is 1. The molecule has 1 atom stereocenters. The van der Waals surface area contributed by atoms with E-state index in [4.69, 9.17) is 4.42 Å². The van der Waals surface area contributed by atoms with Gasteiger partial charge in [0.25, 0.3) is 0 Å². The van der Waals surface area contributed by atoms with Crippen LogP contribution in [0.1, 0.15) is 33.9 Å². The molecular formula is C26H18N2O2. The van der Waals surface area contributed by atoms with Gasteiger partial charge in [-0.25, -0.2) is 0 Å². The lowest BCUT2D eigenvalue weighted by Gasteiger charge is -2.20. The number of hydrogen-bond acceptors (Lipinski definition) is 4. The van der Waals surface area contributed by atoms with Gasteiger partial charge in [0, 0.05) is 12.7 Å². The lowest BCUT2D eigenvalue weighted by atomic mass is 9.85. The van der Waals surface area contributed by atoms with Crippen LogP contribution in [-0.2, 0) is 0 Å². The molecule has 1 aliphatic carbocycles. The van der Waals surface area contributed by atoms with Gasteiger partial charge in [-0.15, -0.1) is 0 Å². The van der Waals surface area contributed by atoms with Crippen LogP contribution in [0.3, 0.4) is 0 Å². The second kappa shape index (κ2) is 7.06. The topological polar surface area (TPSA) is 66.0 Å². The predicted molar refractivity (Wildman–Crippen MR) is 119 cm³/mol. The highest BCUT2D eigenvalue weighted by Gasteiger charge is 2.30. The predicted octanol–water partition coefficient (Wildman–Crippen LogP) is 5.39. The summed E-state index contributed by atoms with van der Waals surface area (Å²) in [7, 11) is 1.81. The molecular weight excluding hydrogens is 372 g/mol. The fraction of sp³-hybridized carbons (Fsp3) is 0.0769. The van der Waals surface area contributed by atoms with Crippen molar-refractivity contribution in [3.8, 4) is 6.07 Å². The van der Waals surface area contributed by atoms with Crippen molar-refractivity contribution in [2.75, 3.05) is 12.4 Å². The van der Waals surface area contributed by atoms with E-state index in [1.807, 2.05) is 73.8 Å². The third-order valence-electron chi connectivity index (χ3n) is 5.61. The molecule has 0 fully saturated rings. The summed E-state index contributed by atoms with van der Waals surface area (Å²) < 4.78 is 6.38. The Bertz CT molecular complexity index is 1410. The minimum atomic E-state index is -0.291. The van der Waals surface area contributed by atoms with E-state index in [2.05, 4.69) is 11.4 Å². The molecule has 0 aliphatic heterocycles. The maximum atomic E-state index is 13.5. The van der Waals surface area contributed by atoms with E-state index in [-0.39, 0.29) is 11.3 Å². The van der Waals surface area contributed by atoms with Crippen molar-refractivity contribution in [1.82, 2.24) is 0 Å². The summed E-state index contributed by atoms with van der Waals surface area (Å²) in [5.41, 5.74) is 4.89. The van der Waals surface area contributed by atoms with Crippen LogP contribution in [0.25, 0.3) is 22.6 Å². The van der Waals surface area contributed by atoms with Crippen molar-refractivity contribution in [3.05, 3.63) is 111 Å². The Morgan fingerprint density at radius 1 is 1.00 bits per heavy atom. The first kappa shape index (κ1) is 18.0. The van der Waals surface area contributed by atoms with Crippen molar-refractivity contribution in [1.29, 1.82) is 5.26 Å². The number of rotatable bonds is 2. The van der Waals surface area contributed by atoms with Gasteiger partial charge in [-0.05, 0) is 41.0 Å². The first-order valence-electron chi connectivity index (χ1n) is 9.76. The van der Waals surface area contributed by atoms with Crippen LogP contribution in [0.2, 0.25) is 0 Å². The summed E-state index contributed by atoms with van der Waals surface area (Å²) >= 11 is 0. The Morgan fingerprint density at radius 2 is 1.77 bits per heavy atom. The van der Waals surface area contributed by atoms with Crippen LogP contribution in [0.4, 0.5) is 5.69 Å². The average molecular weight is 390 g/mol. The molecule has 0 bridgehead atoms. The molecule has 1 unspecified atom stereocenters. The molecule has 0 radical (unpaired) electrons. The molecule has 1 N–H and O–H groups in total. The molecule has 1 aliphatic rings. The number of nitriles is 1. The third-order valence-corrected chi connectivity index (χ3v) is 5.61. The molecule has 4 nitrogen and oxygen atoms in total. The molecule has 3 aromatic carbocycles. The zero-order valence-corrected chi connectivity index (χ0v) is 16.3. The number of hydrogen-bond donors (Lipinski definition) is 1. The van der Waals surface area contributed by atoms with Crippen LogP contribution in [-0.4, -0.2) is 7.05 Å². The second-order valence-corrected chi connectivity index (χ2v) is 7.27. The van der Waals surface area contributed by atoms with Crippen molar-refractivity contribution < 1.29 is 4.42 Å². The van der Waals surface area contributed by atoms with Crippen LogP contribution in [0.5, 0.6) is 0 Å². The van der Waals surface area contributed by atoms with Gasteiger partial charge in [-0.3, -0.25) is 4.79 Å². The number of allylic oxidation sites excluding steroid dienone is 1. The SMILES string of the molecule is CNc1ccc2oc3c(c(=O)c2c1)C=C(C#N)c1ccccc1C3c1ccccc1. The number of nitrogens with one attached hydrogen (secondary N) is 1. The van der Waals surface area contributed by atoms with E-state index in [0.717, 1.165) is 22.4 Å². The Balaban J connectivity index is 1.93. The largest absolute Gasteiger partial charge is 0.459 e. The van der Waals surface area contributed by atoms with Gasteiger partial charge in [0.2, 0.25) is 0 Å². The maximum absolute atomic E-state index is 13.5. The molecule has 4 heteroatoms. The van der Waals surface area contributed by atoms with Gasteiger partial charge < -0.3 is 9.73 Å². The normalized spacial score (nSPS) is 14.8. The van der Waals surface area contributed by atoms with Gasteiger partial charge in [-0.2, -0.15) is 5.26 Å². The molecule has 1 heterocycles. The number of anilines is 1. The standard InChI is InChI=1S/C26H18N2O2/c1-28-18-11-12-23-21(14-18)25(29)22-13-17(15-27)19-9-5-6-10-20(19)24(26(22)30-23)16-7-3-2-4-8-16/h2-14,24,28H,1H3. The first-order valence-corrected chi connectivity index (χ1v) is 9.76. The lowest BCUT2D eigenvalue weighted by molar-refractivity contribution is 0.527. The minimum Gasteiger partial charge on any atom is -0.459 e. The van der Waals surface area contributed by atoms with Gasteiger partial charge in [0.1, 0.15) is 11.3 Å². The summed E-state index contributed by atoms with van der Waals surface area (Å²) in [6, 6.07) is 25.5. The van der Waals surface area contributed by atoms with Crippen molar-refractivity contribution >= 4 is 28.3 Å². The smallest absolute Gasteiger partial charge is 0.200 e. The van der Waals surface area contributed by atoms with Crippen LogP contribution in [0.15, 0.2) is 82.0 Å². The molecule has 5 rings (SSSR count). The highest BCUT2D eigenvalue weighted by Crippen LogP contribution is 2.41. The molecule has 1 aromatic heterocycles. The molecule has 0 saturated heterocycles. The van der Waals surface area contributed by atoms with Crippen molar-refractivity contribution in [3.63, 3.8) is 0 Å². The Kier molecular flexibility index (Phi) is 4.22. The van der Waals surface area contributed by atoms with Crippen LogP contribution in [0, 0.1) is 11.3 Å². The van der Waals surface area contributed by atoms with E-state index in [0.29, 0.717) is 27.9 Å². The molecule has 144 valence electrons. The number of benzene rings is 3. The lowest BCUT2D eigenvalue weighted by Crippen LogP contribution is -2.13. The monoisotopic (exact) mass is 390 g/mol. The van der Waals surface area contributed by atoms with Crippen molar-refractivity contribution in [2.24, 2.45) is 0 Å². The maximum Gasteiger partial charge on any atom is 0.200 e. The van der Waals surface area contributed by atoms with Gasteiger partial charge in [0.05, 0.1) is 28.5 Å². The van der Waals surface area contributed by atoms with E-state index >= 15 is 0 Å². The van der Waals surface area contributed by atoms with E-state index in [1.165, 1.54) is 0 Å². The molecule has 0 amide bonds. The van der Waals surface area contributed by atoms with Crippen LogP contribution >= 0.6 is 0 Å². The van der Waals surface area contributed by atoms with Gasteiger partial charge >= 0.3 is 0 Å². The third kappa shape index (κ3) is 2.72. The highest BCUT2D eigenvalue weighted by molar-refractivity contribution is 5.95. The zero-order valence-electron chi connectivity index (χ0n) is 16.3. The van der Waals surface area contributed by atoms with Crippen molar-refractivity contribution in [2.45, 2.75) is 5.92 Å². The Labute approximate surface area is 173 Å². The van der Waals surface area contributed by atoms with Gasteiger partial charge in [-0.1, -0.05) is 54.6 Å². The van der Waals surface area contributed by atoms with Gasteiger partial charge in [0.15, 0.2) is 5.43 Å². The first-order chi connectivity index (χ1) is 14.7. The molecule has 30 heavy (non-hydrogen) atoms. The fourth-order valence-electron chi connectivity index (χ4n) is 4.16. The molecule has 0 spiro atoms. The summed E-state index contributed by atoms with van der Waals surface area (Å²) in [6.45, 7) is 0. The quantitative estimate of drug-likeness (QED) is 0.498. The zero-order chi connectivity index (χ0) is 20.7. The van der Waals surface area contributed by atoms with E-state index in [1.54, 1.807) is 12.1 Å². The molecule has 0 saturated carbocycles. The highest BCUT2D eigenvalue weighted by atomic mass is 16.3. The molecule has 4 aromatic rings. The van der Waals surface area contributed by atoms with Crippen LogP contribution < -0.4 is 10.7 Å². The Hall–Kier alpha value is -4.10. The number of fused-ring (bicyclic) bond motifs is 3. The summed E-state index contributed by atoms with van der Waals surface area (Å²) in [4.78, 5) is 13.5. The summed E-state index contributed by atoms with van der Waals surface area (Å²) in [5.74, 6) is 0.272. The minimum absolute atomic E-state index is 0.134. The van der Waals surface area contributed by atoms with E-state index < -0.39 is 0 Å². The fourth-order valence-corrected chi connectivity index (χ4v) is 4.16. The summed E-state index contributed by atoms with van der Waals surface area (Å²) in [5, 5.41) is 13.4. The Morgan fingerprint density at radius 3 is 2.53 bits per heavy atom.